The van der Waals surface area contributed by atoms with E-state index >= 15 is 0 Å². The van der Waals surface area contributed by atoms with Crippen LogP contribution < -0.4 is 10.2 Å². The van der Waals surface area contributed by atoms with Crippen LogP contribution in [0.5, 0.6) is 5.88 Å². The molecule has 1 amide bonds. The third-order valence-corrected chi connectivity index (χ3v) is 7.47. The van der Waals surface area contributed by atoms with E-state index in [9.17, 15) is 9.90 Å². The molecule has 6 rings (SSSR count). The Morgan fingerprint density at radius 3 is 2.56 bits per heavy atom. The highest BCUT2D eigenvalue weighted by Crippen LogP contribution is 2.29. The number of nitrogens with zero attached hydrogens (tertiary/aromatic N) is 4. The van der Waals surface area contributed by atoms with Crippen molar-refractivity contribution >= 4 is 40.1 Å². The number of anilines is 2. The number of aliphatic imine (C=N–C) groups is 1. The van der Waals surface area contributed by atoms with Crippen LogP contribution in [0.4, 0.5) is 17.1 Å². The fraction of sp³-hybridized carbons (Fsp3) is 0.219. The summed E-state index contributed by atoms with van der Waals surface area (Å²) < 4.78 is 0. The average molecular weight is 548 g/mol. The number of benzene rings is 3. The number of likely N-dealkylation sites (N-methyl/N-ethyl adjacent to an activating group) is 1. The van der Waals surface area contributed by atoms with Crippen molar-refractivity contribution in [2.45, 2.75) is 13.3 Å². The minimum absolute atomic E-state index is 0.0910. The molecule has 0 bridgehead atoms. The summed E-state index contributed by atoms with van der Waals surface area (Å²) in [6.07, 6.45) is 2.38. The van der Waals surface area contributed by atoms with Crippen molar-refractivity contribution in [1.82, 2.24) is 20.1 Å². The lowest BCUT2D eigenvalue weighted by molar-refractivity contribution is 0.102. The molecule has 208 valence electrons. The van der Waals surface area contributed by atoms with Crippen molar-refractivity contribution in [3.8, 4) is 5.88 Å². The Morgan fingerprint density at radius 1 is 1.02 bits per heavy atom. The summed E-state index contributed by atoms with van der Waals surface area (Å²) in [7, 11) is 2.16. The summed E-state index contributed by atoms with van der Waals surface area (Å²) in [6, 6.07) is 23.8. The van der Waals surface area contributed by atoms with Gasteiger partial charge in [-0.3, -0.25) is 14.9 Å². The number of rotatable bonds is 7. The Morgan fingerprint density at radius 2 is 1.80 bits per heavy atom. The van der Waals surface area contributed by atoms with Crippen molar-refractivity contribution in [3.63, 3.8) is 0 Å². The average Bonchev–Trinajstić information content (AvgIpc) is 3.55. The van der Waals surface area contributed by atoms with Crippen LogP contribution in [0.2, 0.25) is 0 Å². The molecule has 0 aliphatic carbocycles. The standard InChI is InChI=1S/C32H33N7O2/c1-21-16-30(37-36-21)32(41)34-25-5-3-4-22(18-25)17-23-6-11-29-27(19-23)28(31(40)35-29)20-33-24-7-9-26(10-8-24)39-14-12-38(2)13-15-39/h3-11,16,18-20,35,40H,12-15,17H2,1-2H3,(H,34,41)(H,36,37). The highest BCUT2D eigenvalue weighted by Gasteiger charge is 2.15. The number of aromatic hydroxyl groups is 1. The lowest BCUT2D eigenvalue weighted by Crippen LogP contribution is -2.44. The molecule has 3 heterocycles. The van der Waals surface area contributed by atoms with Crippen LogP contribution in [0, 0.1) is 6.92 Å². The van der Waals surface area contributed by atoms with Gasteiger partial charge in [-0.25, -0.2) is 0 Å². The number of aromatic nitrogens is 3. The summed E-state index contributed by atoms with van der Waals surface area (Å²) in [4.78, 5) is 25.0. The van der Waals surface area contributed by atoms with Crippen molar-refractivity contribution in [2.24, 2.45) is 4.99 Å². The first-order valence-electron chi connectivity index (χ1n) is 13.7. The molecular weight excluding hydrogens is 514 g/mol. The SMILES string of the molecule is Cc1cc(C(=O)Nc2cccc(Cc3ccc4[nH]c(O)c(C=Nc5ccc(N6CCN(C)CC6)cc5)c4c3)c2)n[nH]1. The van der Waals surface area contributed by atoms with Crippen LogP contribution in [-0.2, 0) is 6.42 Å². The van der Waals surface area contributed by atoms with Gasteiger partial charge in [0.2, 0.25) is 0 Å². The van der Waals surface area contributed by atoms with E-state index in [0.717, 1.165) is 59.6 Å². The van der Waals surface area contributed by atoms with E-state index in [1.807, 2.05) is 55.5 Å². The van der Waals surface area contributed by atoms with Gasteiger partial charge in [0.25, 0.3) is 5.91 Å². The first-order chi connectivity index (χ1) is 19.9. The maximum absolute atomic E-state index is 12.5. The molecule has 0 radical (unpaired) electrons. The number of carbonyl (C=O) groups is 1. The van der Waals surface area contributed by atoms with Crippen LogP contribution in [0.3, 0.4) is 0 Å². The monoisotopic (exact) mass is 547 g/mol. The van der Waals surface area contributed by atoms with Crippen LogP contribution in [0.1, 0.15) is 32.9 Å². The number of nitrogens with one attached hydrogen (secondary N) is 3. The minimum atomic E-state index is -0.256. The normalized spacial score (nSPS) is 14.2. The number of hydrogen-bond donors (Lipinski definition) is 4. The number of piperazine rings is 1. The second kappa shape index (κ2) is 11.3. The Kier molecular flexibility index (Phi) is 7.26. The third-order valence-electron chi connectivity index (χ3n) is 7.47. The van der Waals surface area contributed by atoms with Gasteiger partial charge >= 0.3 is 0 Å². The van der Waals surface area contributed by atoms with Crippen LogP contribution in [0.15, 0.2) is 77.8 Å². The summed E-state index contributed by atoms with van der Waals surface area (Å²) in [5, 5.41) is 21.3. The lowest BCUT2D eigenvalue weighted by Gasteiger charge is -2.34. The quantitative estimate of drug-likeness (QED) is 0.208. The molecule has 1 aliphatic rings. The van der Waals surface area contributed by atoms with E-state index in [2.05, 4.69) is 60.5 Å². The highest BCUT2D eigenvalue weighted by atomic mass is 16.3. The zero-order valence-corrected chi connectivity index (χ0v) is 23.2. The number of hydrogen-bond acceptors (Lipinski definition) is 6. The fourth-order valence-electron chi connectivity index (χ4n) is 5.16. The van der Waals surface area contributed by atoms with Crippen LogP contribution in [0.25, 0.3) is 10.9 Å². The number of aromatic amines is 2. The molecule has 0 saturated carbocycles. The topological polar surface area (TPSA) is 113 Å². The second-order valence-electron chi connectivity index (χ2n) is 10.6. The smallest absolute Gasteiger partial charge is 0.276 e. The molecule has 9 nitrogen and oxygen atoms in total. The van der Waals surface area contributed by atoms with Gasteiger partial charge in [0, 0.05) is 60.4 Å². The van der Waals surface area contributed by atoms with Gasteiger partial charge in [-0.15, -0.1) is 0 Å². The highest BCUT2D eigenvalue weighted by molar-refractivity contribution is 6.03. The van der Waals surface area contributed by atoms with Crippen molar-refractivity contribution in [2.75, 3.05) is 43.4 Å². The van der Waals surface area contributed by atoms with E-state index < -0.39 is 0 Å². The number of H-pyrrole nitrogens is 2. The molecule has 41 heavy (non-hydrogen) atoms. The molecule has 5 aromatic rings. The van der Waals surface area contributed by atoms with E-state index in [1.54, 1.807) is 12.3 Å². The molecule has 9 heteroatoms. The number of aryl methyl sites for hydroxylation is 1. The summed E-state index contributed by atoms with van der Waals surface area (Å²) in [5.74, 6) is -0.165. The first-order valence-corrected chi connectivity index (χ1v) is 13.7. The number of fused-ring (bicyclic) bond motifs is 1. The first kappa shape index (κ1) is 26.3. The van der Waals surface area contributed by atoms with Crippen molar-refractivity contribution in [1.29, 1.82) is 0 Å². The van der Waals surface area contributed by atoms with Gasteiger partial charge < -0.3 is 25.2 Å². The van der Waals surface area contributed by atoms with Gasteiger partial charge in [-0.2, -0.15) is 5.10 Å². The molecule has 2 aromatic heterocycles. The number of amides is 1. The predicted molar refractivity (Wildman–Crippen MR) is 164 cm³/mol. The lowest BCUT2D eigenvalue weighted by atomic mass is 10.0. The second-order valence-corrected chi connectivity index (χ2v) is 10.6. The Hall–Kier alpha value is -4.89. The zero-order chi connectivity index (χ0) is 28.3. The van der Waals surface area contributed by atoms with Gasteiger partial charge in [0.1, 0.15) is 0 Å². The molecule has 0 unspecified atom stereocenters. The molecule has 0 atom stereocenters. The van der Waals surface area contributed by atoms with Crippen LogP contribution >= 0.6 is 0 Å². The van der Waals surface area contributed by atoms with Gasteiger partial charge in [0.15, 0.2) is 11.6 Å². The van der Waals surface area contributed by atoms with Gasteiger partial charge in [0.05, 0.1) is 11.3 Å². The van der Waals surface area contributed by atoms with Gasteiger partial charge in [-0.05, 0) is 86.1 Å². The van der Waals surface area contributed by atoms with E-state index in [0.29, 0.717) is 23.4 Å². The summed E-state index contributed by atoms with van der Waals surface area (Å²) in [6.45, 7) is 6.03. The molecule has 3 aromatic carbocycles. The van der Waals surface area contributed by atoms with E-state index in [4.69, 9.17) is 0 Å². The molecule has 1 aliphatic heterocycles. The van der Waals surface area contributed by atoms with Gasteiger partial charge in [-0.1, -0.05) is 18.2 Å². The molecule has 4 N–H and O–H groups in total. The molecule has 1 fully saturated rings. The Bertz CT molecular complexity index is 1710. The number of carbonyl (C=O) groups excluding carboxylic acids is 1. The summed E-state index contributed by atoms with van der Waals surface area (Å²) in [5.41, 5.74) is 7.55. The maximum atomic E-state index is 12.5. The third kappa shape index (κ3) is 6.00. The van der Waals surface area contributed by atoms with Crippen molar-refractivity contribution < 1.29 is 9.90 Å². The minimum Gasteiger partial charge on any atom is -0.494 e. The van der Waals surface area contributed by atoms with Crippen molar-refractivity contribution in [3.05, 3.63) is 101 Å². The molecular formula is C32H33N7O2. The maximum Gasteiger partial charge on any atom is 0.276 e. The largest absolute Gasteiger partial charge is 0.494 e. The molecule has 0 spiro atoms. The Balaban J connectivity index is 1.17. The van der Waals surface area contributed by atoms with Crippen LogP contribution in [-0.4, -0.2) is 70.5 Å². The fourth-order valence-corrected chi connectivity index (χ4v) is 5.16. The predicted octanol–water partition coefficient (Wildman–Crippen LogP) is 5.25. The van der Waals surface area contributed by atoms with E-state index in [-0.39, 0.29) is 11.8 Å². The zero-order valence-electron chi connectivity index (χ0n) is 23.2. The van der Waals surface area contributed by atoms with E-state index in [1.165, 1.54) is 5.69 Å². The summed E-state index contributed by atoms with van der Waals surface area (Å²) >= 11 is 0. The Labute approximate surface area is 238 Å². The molecule has 1 saturated heterocycles.